The number of amides is 1. The molecule has 3 nitrogen and oxygen atoms in total. The van der Waals surface area contributed by atoms with Gasteiger partial charge in [-0.25, -0.2) is 0 Å². The first kappa shape index (κ1) is 16.8. The Kier molecular flexibility index (Phi) is 4.85. The SMILES string of the molecule is COc1c(C(=O)N(C)C)cccc1-c1ccccc1-c1ccccc1. The maximum atomic E-state index is 12.5. The number of hydrogen-bond acceptors (Lipinski definition) is 2. The highest BCUT2D eigenvalue weighted by Crippen LogP contribution is 2.39. The van der Waals surface area contributed by atoms with Crippen LogP contribution < -0.4 is 4.74 Å². The minimum atomic E-state index is -0.0732. The van der Waals surface area contributed by atoms with Gasteiger partial charge in [-0.1, -0.05) is 66.7 Å². The van der Waals surface area contributed by atoms with Gasteiger partial charge in [-0.15, -0.1) is 0 Å². The molecule has 0 saturated carbocycles. The Hall–Kier alpha value is -3.07. The van der Waals surface area contributed by atoms with Crippen molar-refractivity contribution < 1.29 is 9.53 Å². The highest BCUT2D eigenvalue weighted by Gasteiger charge is 2.19. The summed E-state index contributed by atoms with van der Waals surface area (Å²) in [6, 6.07) is 24.1. The number of benzene rings is 3. The topological polar surface area (TPSA) is 29.5 Å². The third-order valence-corrected chi connectivity index (χ3v) is 4.16. The van der Waals surface area contributed by atoms with Gasteiger partial charge in [0.25, 0.3) is 5.91 Å². The predicted molar refractivity (Wildman–Crippen MR) is 102 cm³/mol. The molecule has 0 unspecified atom stereocenters. The summed E-state index contributed by atoms with van der Waals surface area (Å²) < 4.78 is 5.65. The van der Waals surface area contributed by atoms with Gasteiger partial charge in [-0.3, -0.25) is 4.79 Å². The molecule has 0 fully saturated rings. The number of para-hydroxylation sites is 1. The Labute approximate surface area is 148 Å². The molecule has 0 saturated heterocycles. The summed E-state index contributed by atoms with van der Waals surface area (Å²) >= 11 is 0. The van der Waals surface area contributed by atoms with Crippen LogP contribution in [0.2, 0.25) is 0 Å². The van der Waals surface area contributed by atoms with Gasteiger partial charge in [-0.05, 0) is 22.8 Å². The maximum Gasteiger partial charge on any atom is 0.257 e. The monoisotopic (exact) mass is 331 g/mol. The van der Waals surface area contributed by atoms with Crippen LogP contribution in [0.4, 0.5) is 0 Å². The molecule has 126 valence electrons. The van der Waals surface area contributed by atoms with Crippen LogP contribution in [-0.2, 0) is 0 Å². The molecule has 0 N–H and O–H groups in total. The molecule has 3 aromatic rings. The van der Waals surface area contributed by atoms with Crippen molar-refractivity contribution in [3.05, 3.63) is 78.4 Å². The van der Waals surface area contributed by atoms with E-state index in [1.54, 1.807) is 32.2 Å². The minimum Gasteiger partial charge on any atom is -0.495 e. The van der Waals surface area contributed by atoms with E-state index in [9.17, 15) is 4.79 Å². The molecule has 0 atom stereocenters. The fourth-order valence-corrected chi connectivity index (χ4v) is 2.97. The second-order valence-corrected chi connectivity index (χ2v) is 6.00. The van der Waals surface area contributed by atoms with E-state index in [-0.39, 0.29) is 5.91 Å². The molecule has 0 aliphatic rings. The van der Waals surface area contributed by atoms with Gasteiger partial charge >= 0.3 is 0 Å². The number of rotatable bonds is 4. The Balaban J connectivity index is 2.22. The molecule has 0 spiro atoms. The fourth-order valence-electron chi connectivity index (χ4n) is 2.97. The van der Waals surface area contributed by atoms with Gasteiger partial charge in [0.05, 0.1) is 12.7 Å². The van der Waals surface area contributed by atoms with Gasteiger partial charge < -0.3 is 9.64 Å². The van der Waals surface area contributed by atoms with Crippen molar-refractivity contribution in [3.63, 3.8) is 0 Å². The highest BCUT2D eigenvalue weighted by molar-refractivity contribution is 6.00. The number of nitrogens with zero attached hydrogens (tertiary/aromatic N) is 1. The highest BCUT2D eigenvalue weighted by atomic mass is 16.5. The number of carbonyl (C=O) groups excluding carboxylic acids is 1. The van der Waals surface area contributed by atoms with Crippen LogP contribution in [0.1, 0.15) is 10.4 Å². The van der Waals surface area contributed by atoms with Crippen LogP contribution in [-0.4, -0.2) is 32.0 Å². The molecular weight excluding hydrogens is 310 g/mol. The summed E-state index contributed by atoms with van der Waals surface area (Å²) in [5.41, 5.74) is 4.75. The third kappa shape index (κ3) is 3.26. The lowest BCUT2D eigenvalue weighted by Gasteiger charge is -2.18. The molecule has 0 aliphatic carbocycles. The molecule has 3 rings (SSSR count). The van der Waals surface area contributed by atoms with Crippen molar-refractivity contribution in [1.82, 2.24) is 4.90 Å². The van der Waals surface area contributed by atoms with Gasteiger partial charge in [0.15, 0.2) is 0 Å². The lowest BCUT2D eigenvalue weighted by molar-refractivity contribution is 0.0824. The van der Waals surface area contributed by atoms with Crippen LogP contribution in [0.5, 0.6) is 5.75 Å². The zero-order chi connectivity index (χ0) is 17.8. The van der Waals surface area contributed by atoms with Crippen LogP contribution in [0.25, 0.3) is 22.3 Å². The molecule has 1 amide bonds. The van der Waals surface area contributed by atoms with Gasteiger partial charge in [0, 0.05) is 19.7 Å². The molecule has 25 heavy (non-hydrogen) atoms. The summed E-state index contributed by atoms with van der Waals surface area (Å²) in [4.78, 5) is 14.1. The summed E-state index contributed by atoms with van der Waals surface area (Å²) in [7, 11) is 5.09. The standard InChI is InChI=1S/C22H21NO2/c1-23(2)22(24)20-15-9-14-19(21(20)25-3)18-13-8-7-12-17(18)16-10-5-4-6-11-16/h4-15H,1-3H3. The average Bonchev–Trinajstić information content (AvgIpc) is 2.67. The van der Waals surface area contributed by atoms with Gasteiger partial charge in [-0.2, -0.15) is 0 Å². The van der Waals surface area contributed by atoms with Crippen LogP contribution in [0.3, 0.4) is 0 Å². The van der Waals surface area contributed by atoms with Crippen molar-refractivity contribution in [2.75, 3.05) is 21.2 Å². The van der Waals surface area contributed by atoms with Crippen LogP contribution >= 0.6 is 0 Å². The minimum absolute atomic E-state index is 0.0732. The summed E-state index contributed by atoms with van der Waals surface area (Å²) in [6.45, 7) is 0. The summed E-state index contributed by atoms with van der Waals surface area (Å²) in [5.74, 6) is 0.528. The maximum absolute atomic E-state index is 12.5. The van der Waals surface area contributed by atoms with E-state index in [1.165, 1.54) is 0 Å². The Bertz CT molecular complexity index is 886. The van der Waals surface area contributed by atoms with E-state index in [1.807, 2.05) is 42.5 Å². The first-order valence-electron chi connectivity index (χ1n) is 8.17. The number of methoxy groups -OCH3 is 1. The molecule has 0 bridgehead atoms. The second kappa shape index (κ2) is 7.22. The number of hydrogen-bond donors (Lipinski definition) is 0. The van der Waals surface area contributed by atoms with E-state index in [2.05, 4.69) is 24.3 Å². The Morgan fingerprint density at radius 3 is 2.00 bits per heavy atom. The smallest absolute Gasteiger partial charge is 0.257 e. The first-order valence-corrected chi connectivity index (χ1v) is 8.17. The van der Waals surface area contributed by atoms with Crippen molar-refractivity contribution in [2.45, 2.75) is 0 Å². The third-order valence-electron chi connectivity index (χ3n) is 4.16. The molecule has 0 radical (unpaired) electrons. The van der Waals surface area contributed by atoms with E-state index in [0.29, 0.717) is 11.3 Å². The molecule has 3 heteroatoms. The van der Waals surface area contributed by atoms with Crippen molar-refractivity contribution in [2.24, 2.45) is 0 Å². The van der Waals surface area contributed by atoms with E-state index < -0.39 is 0 Å². The molecule has 0 heterocycles. The van der Waals surface area contributed by atoms with E-state index in [4.69, 9.17) is 4.74 Å². The van der Waals surface area contributed by atoms with Gasteiger partial charge in [0.1, 0.15) is 5.75 Å². The number of ether oxygens (including phenoxy) is 1. The normalized spacial score (nSPS) is 10.4. The van der Waals surface area contributed by atoms with E-state index in [0.717, 1.165) is 22.3 Å². The molecular formula is C22H21NO2. The van der Waals surface area contributed by atoms with Crippen LogP contribution in [0.15, 0.2) is 72.8 Å². The van der Waals surface area contributed by atoms with Gasteiger partial charge in [0.2, 0.25) is 0 Å². The summed E-state index contributed by atoms with van der Waals surface area (Å²) in [6.07, 6.45) is 0. The Morgan fingerprint density at radius 2 is 1.36 bits per heavy atom. The lowest BCUT2D eigenvalue weighted by Crippen LogP contribution is -2.22. The largest absolute Gasteiger partial charge is 0.495 e. The second-order valence-electron chi connectivity index (χ2n) is 6.00. The average molecular weight is 331 g/mol. The molecule has 3 aromatic carbocycles. The number of carbonyl (C=O) groups is 1. The predicted octanol–water partition coefficient (Wildman–Crippen LogP) is 4.73. The van der Waals surface area contributed by atoms with E-state index >= 15 is 0 Å². The van der Waals surface area contributed by atoms with Crippen molar-refractivity contribution in [3.8, 4) is 28.0 Å². The lowest BCUT2D eigenvalue weighted by atomic mass is 9.92. The van der Waals surface area contributed by atoms with Crippen molar-refractivity contribution in [1.29, 1.82) is 0 Å². The quantitative estimate of drug-likeness (QED) is 0.691. The fraction of sp³-hybridized carbons (Fsp3) is 0.136. The zero-order valence-corrected chi connectivity index (χ0v) is 14.7. The van der Waals surface area contributed by atoms with Crippen LogP contribution in [0, 0.1) is 0 Å². The van der Waals surface area contributed by atoms with Crippen molar-refractivity contribution >= 4 is 5.91 Å². The summed E-state index contributed by atoms with van der Waals surface area (Å²) in [5, 5.41) is 0. The molecule has 0 aromatic heterocycles. The zero-order valence-electron chi connectivity index (χ0n) is 14.7. The Morgan fingerprint density at radius 1 is 0.760 bits per heavy atom. The first-order chi connectivity index (χ1) is 12.1. The molecule has 0 aliphatic heterocycles.